The fourth-order valence-electron chi connectivity index (χ4n) is 2.57. The number of nitrogens with zero attached hydrogens (tertiary/aromatic N) is 3. The van der Waals surface area contributed by atoms with Gasteiger partial charge in [0.05, 0.1) is 11.3 Å². The van der Waals surface area contributed by atoms with Gasteiger partial charge < -0.3 is 4.42 Å². The molecule has 3 rings (SSSR count). The lowest BCUT2D eigenvalue weighted by Crippen LogP contribution is -2.28. The van der Waals surface area contributed by atoms with Crippen LogP contribution in [0.25, 0.3) is 0 Å². The molecule has 0 radical (unpaired) electrons. The molecule has 8 nitrogen and oxygen atoms in total. The molecule has 0 spiro atoms. The molecule has 0 bridgehead atoms. The Balaban J connectivity index is 1.64. The van der Waals surface area contributed by atoms with E-state index in [0.717, 1.165) is 17.7 Å². The highest BCUT2D eigenvalue weighted by atomic mass is 32.2. The van der Waals surface area contributed by atoms with Crippen LogP contribution >= 0.6 is 11.3 Å². The minimum Gasteiger partial charge on any atom is -0.407 e. The Morgan fingerprint density at radius 1 is 1.21 bits per heavy atom. The standard InChI is InChI=1S/C19H22N4O4S2/c1-3-4-11-23(2)29(25,26)16-9-7-14(8-10-16)18(24)20-19-22-21-17(27-19)13-15-6-5-12-28-15/h5-10,12H,3-4,11,13H2,1-2H3,(H,20,22,24). The van der Waals surface area contributed by atoms with E-state index in [4.69, 9.17) is 4.42 Å². The van der Waals surface area contributed by atoms with Crippen molar-refractivity contribution in [1.29, 1.82) is 0 Å². The fraction of sp³-hybridized carbons (Fsp3) is 0.316. The van der Waals surface area contributed by atoms with E-state index in [-0.39, 0.29) is 16.5 Å². The van der Waals surface area contributed by atoms with E-state index in [9.17, 15) is 13.2 Å². The zero-order valence-electron chi connectivity index (χ0n) is 16.2. The van der Waals surface area contributed by atoms with Gasteiger partial charge in [0.1, 0.15) is 0 Å². The molecule has 10 heteroatoms. The number of benzene rings is 1. The molecule has 29 heavy (non-hydrogen) atoms. The van der Waals surface area contributed by atoms with Gasteiger partial charge in [0, 0.05) is 24.0 Å². The van der Waals surface area contributed by atoms with Crippen LogP contribution in [0, 0.1) is 0 Å². The number of hydrogen-bond donors (Lipinski definition) is 1. The Morgan fingerprint density at radius 3 is 2.62 bits per heavy atom. The highest BCUT2D eigenvalue weighted by Crippen LogP contribution is 2.18. The van der Waals surface area contributed by atoms with Crippen LogP contribution in [0.2, 0.25) is 0 Å². The SMILES string of the molecule is CCCCN(C)S(=O)(=O)c1ccc(C(=O)Nc2nnc(Cc3cccs3)o2)cc1. The minimum atomic E-state index is -3.57. The molecular weight excluding hydrogens is 412 g/mol. The van der Waals surface area contributed by atoms with Gasteiger partial charge in [-0.25, -0.2) is 12.7 Å². The molecule has 0 saturated carbocycles. The summed E-state index contributed by atoms with van der Waals surface area (Å²) < 4.78 is 31.8. The highest BCUT2D eigenvalue weighted by Gasteiger charge is 2.21. The predicted octanol–water partition coefficient (Wildman–Crippen LogP) is 3.39. The van der Waals surface area contributed by atoms with E-state index in [1.165, 1.54) is 28.6 Å². The van der Waals surface area contributed by atoms with Crippen LogP contribution in [-0.4, -0.2) is 42.4 Å². The van der Waals surface area contributed by atoms with Crippen LogP contribution in [-0.2, 0) is 16.4 Å². The molecule has 1 amide bonds. The Labute approximate surface area is 173 Å². The van der Waals surface area contributed by atoms with Gasteiger partial charge in [-0.1, -0.05) is 24.5 Å². The Bertz CT molecular complexity index is 1040. The Hall–Kier alpha value is -2.56. The molecule has 154 valence electrons. The van der Waals surface area contributed by atoms with E-state index < -0.39 is 15.9 Å². The first-order valence-corrected chi connectivity index (χ1v) is 11.4. The molecular formula is C19H22N4O4S2. The molecule has 0 aliphatic heterocycles. The largest absolute Gasteiger partial charge is 0.407 e. The summed E-state index contributed by atoms with van der Waals surface area (Å²) in [5.74, 6) is -0.0566. The second kappa shape index (κ2) is 9.29. The average Bonchev–Trinajstić information content (AvgIpc) is 3.38. The number of carbonyl (C=O) groups excluding carboxylic acids is 1. The first kappa shape index (κ1) is 21.2. The van der Waals surface area contributed by atoms with Crippen molar-refractivity contribution >= 4 is 33.3 Å². The maximum absolute atomic E-state index is 12.5. The van der Waals surface area contributed by atoms with E-state index in [0.29, 0.717) is 18.9 Å². The second-order valence-corrected chi connectivity index (χ2v) is 9.49. The summed E-state index contributed by atoms with van der Waals surface area (Å²) in [6.45, 7) is 2.45. The van der Waals surface area contributed by atoms with Crippen LogP contribution in [0.5, 0.6) is 0 Å². The monoisotopic (exact) mass is 434 g/mol. The van der Waals surface area contributed by atoms with Gasteiger partial charge in [-0.15, -0.1) is 16.4 Å². The molecule has 3 aromatic rings. The highest BCUT2D eigenvalue weighted by molar-refractivity contribution is 7.89. The number of sulfonamides is 1. The van der Waals surface area contributed by atoms with Gasteiger partial charge in [0.15, 0.2) is 0 Å². The van der Waals surface area contributed by atoms with Gasteiger partial charge in [0.25, 0.3) is 5.91 Å². The summed E-state index contributed by atoms with van der Waals surface area (Å²) >= 11 is 1.58. The molecule has 1 N–H and O–H groups in total. The number of amides is 1. The van der Waals surface area contributed by atoms with Gasteiger partial charge in [0.2, 0.25) is 15.9 Å². The summed E-state index contributed by atoms with van der Waals surface area (Å²) in [4.78, 5) is 13.6. The Morgan fingerprint density at radius 2 is 1.97 bits per heavy atom. The van der Waals surface area contributed by atoms with Gasteiger partial charge in [-0.3, -0.25) is 10.1 Å². The topological polar surface area (TPSA) is 105 Å². The molecule has 0 atom stereocenters. The summed E-state index contributed by atoms with van der Waals surface area (Å²) in [7, 11) is -2.02. The molecule has 0 saturated heterocycles. The third kappa shape index (κ3) is 5.28. The van der Waals surface area contributed by atoms with Crippen LogP contribution < -0.4 is 5.32 Å². The maximum atomic E-state index is 12.5. The number of thiophene rings is 1. The van der Waals surface area contributed by atoms with Crippen molar-refractivity contribution in [2.24, 2.45) is 0 Å². The zero-order valence-corrected chi connectivity index (χ0v) is 17.8. The number of rotatable bonds is 9. The van der Waals surface area contributed by atoms with Crippen molar-refractivity contribution in [3.05, 3.63) is 58.1 Å². The lowest BCUT2D eigenvalue weighted by atomic mass is 10.2. The van der Waals surface area contributed by atoms with E-state index >= 15 is 0 Å². The zero-order chi connectivity index (χ0) is 20.9. The van der Waals surface area contributed by atoms with Gasteiger partial charge in [-0.05, 0) is 42.1 Å². The third-order valence-corrected chi connectivity index (χ3v) is 6.99. The third-order valence-electron chi connectivity index (χ3n) is 4.24. The van der Waals surface area contributed by atoms with Crippen molar-refractivity contribution in [1.82, 2.24) is 14.5 Å². The van der Waals surface area contributed by atoms with Crippen molar-refractivity contribution in [3.63, 3.8) is 0 Å². The fourth-order valence-corrected chi connectivity index (χ4v) is 4.47. The lowest BCUT2D eigenvalue weighted by molar-refractivity contribution is 0.102. The molecule has 0 aliphatic carbocycles. The number of carbonyl (C=O) groups is 1. The van der Waals surface area contributed by atoms with Gasteiger partial charge >= 0.3 is 6.01 Å². The van der Waals surface area contributed by atoms with Crippen LogP contribution in [0.4, 0.5) is 6.01 Å². The quantitative estimate of drug-likeness (QED) is 0.553. The molecule has 0 fully saturated rings. The number of anilines is 1. The molecule has 0 aliphatic rings. The maximum Gasteiger partial charge on any atom is 0.322 e. The molecule has 2 heterocycles. The van der Waals surface area contributed by atoms with Crippen LogP contribution in [0.1, 0.15) is 40.9 Å². The smallest absolute Gasteiger partial charge is 0.322 e. The van der Waals surface area contributed by atoms with E-state index in [2.05, 4.69) is 15.5 Å². The number of nitrogens with one attached hydrogen (secondary N) is 1. The lowest BCUT2D eigenvalue weighted by Gasteiger charge is -2.16. The average molecular weight is 435 g/mol. The van der Waals surface area contributed by atoms with E-state index in [1.807, 2.05) is 24.4 Å². The summed E-state index contributed by atoms with van der Waals surface area (Å²) in [5, 5.41) is 12.2. The van der Waals surface area contributed by atoms with Crippen molar-refractivity contribution in [2.75, 3.05) is 18.9 Å². The number of aromatic nitrogens is 2. The van der Waals surface area contributed by atoms with Crippen molar-refractivity contribution in [3.8, 4) is 0 Å². The Kier molecular flexibility index (Phi) is 6.78. The van der Waals surface area contributed by atoms with Crippen molar-refractivity contribution < 1.29 is 17.6 Å². The number of hydrogen-bond acceptors (Lipinski definition) is 7. The summed E-state index contributed by atoms with van der Waals surface area (Å²) in [5.41, 5.74) is 0.290. The first-order chi connectivity index (χ1) is 13.9. The van der Waals surface area contributed by atoms with E-state index in [1.54, 1.807) is 18.4 Å². The normalized spacial score (nSPS) is 11.7. The summed E-state index contributed by atoms with van der Waals surface area (Å²) in [6, 6.07) is 9.65. The summed E-state index contributed by atoms with van der Waals surface area (Å²) in [6.07, 6.45) is 2.19. The number of unbranched alkanes of at least 4 members (excludes halogenated alkanes) is 1. The minimum absolute atomic E-state index is 0.00227. The van der Waals surface area contributed by atoms with Crippen LogP contribution in [0.3, 0.4) is 0 Å². The van der Waals surface area contributed by atoms with Gasteiger partial charge in [-0.2, -0.15) is 0 Å². The molecule has 0 unspecified atom stereocenters. The molecule has 1 aromatic carbocycles. The second-order valence-electron chi connectivity index (χ2n) is 6.42. The predicted molar refractivity (Wildman–Crippen MR) is 111 cm³/mol. The first-order valence-electron chi connectivity index (χ1n) is 9.12. The molecule has 2 aromatic heterocycles. The van der Waals surface area contributed by atoms with Crippen molar-refractivity contribution in [2.45, 2.75) is 31.1 Å². The van der Waals surface area contributed by atoms with Crippen LogP contribution in [0.15, 0.2) is 51.1 Å².